The number of aromatic amines is 1. The summed E-state index contributed by atoms with van der Waals surface area (Å²) in [6, 6.07) is 7.90. The molecule has 1 heterocycles. The summed E-state index contributed by atoms with van der Waals surface area (Å²) in [5.41, 5.74) is 2.12. The van der Waals surface area contributed by atoms with Crippen LogP contribution in [0.1, 0.15) is 24.2 Å². The lowest BCUT2D eigenvalue weighted by Gasteiger charge is -2.17. The van der Waals surface area contributed by atoms with E-state index in [-0.39, 0.29) is 6.04 Å². The van der Waals surface area contributed by atoms with Gasteiger partial charge < -0.3 is 14.8 Å². The van der Waals surface area contributed by atoms with Crippen LogP contribution in [-0.2, 0) is 6.54 Å². The van der Waals surface area contributed by atoms with Crippen molar-refractivity contribution in [1.82, 2.24) is 15.5 Å². The lowest BCUT2D eigenvalue weighted by molar-refractivity contribution is 0.391. The fourth-order valence-corrected chi connectivity index (χ4v) is 1.93. The second-order valence-corrected chi connectivity index (χ2v) is 4.29. The van der Waals surface area contributed by atoms with Crippen molar-refractivity contribution in [2.75, 3.05) is 14.2 Å². The Kier molecular flexibility index (Phi) is 4.41. The molecule has 2 N–H and O–H groups in total. The summed E-state index contributed by atoms with van der Waals surface area (Å²) in [6.07, 6.45) is 1.74. The largest absolute Gasteiger partial charge is 0.497 e. The second kappa shape index (κ2) is 6.24. The Morgan fingerprint density at radius 2 is 2.11 bits per heavy atom. The van der Waals surface area contributed by atoms with Crippen LogP contribution in [0, 0.1) is 0 Å². The highest BCUT2D eigenvalue weighted by molar-refractivity contribution is 5.42. The monoisotopic (exact) mass is 261 g/mol. The molecule has 0 saturated heterocycles. The van der Waals surface area contributed by atoms with E-state index in [2.05, 4.69) is 22.4 Å². The van der Waals surface area contributed by atoms with Crippen molar-refractivity contribution < 1.29 is 9.47 Å². The van der Waals surface area contributed by atoms with E-state index in [1.807, 2.05) is 24.3 Å². The molecule has 0 aliphatic rings. The van der Waals surface area contributed by atoms with Gasteiger partial charge in [-0.15, -0.1) is 0 Å². The summed E-state index contributed by atoms with van der Waals surface area (Å²) in [6.45, 7) is 2.81. The zero-order chi connectivity index (χ0) is 13.7. The minimum absolute atomic E-state index is 0.147. The molecule has 0 amide bonds. The Morgan fingerprint density at radius 1 is 1.26 bits per heavy atom. The zero-order valence-corrected chi connectivity index (χ0v) is 11.4. The van der Waals surface area contributed by atoms with Crippen LogP contribution in [-0.4, -0.2) is 24.4 Å². The zero-order valence-electron chi connectivity index (χ0n) is 11.4. The second-order valence-electron chi connectivity index (χ2n) is 4.29. The number of nitrogens with zero attached hydrogens (tertiary/aromatic N) is 1. The SMILES string of the molecule is COc1ccc(OC)c(C(C)NCc2ccn[nH]2)c1. The molecule has 19 heavy (non-hydrogen) atoms. The maximum atomic E-state index is 5.39. The van der Waals surface area contributed by atoms with E-state index >= 15 is 0 Å². The van der Waals surface area contributed by atoms with Crippen LogP contribution < -0.4 is 14.8 Å². The van der Waals surface area contributed by atoms with Gasteiger partial charge in [-0.05, 0) is 31.2 Å². The lowest BCUT2D eigenvalue weighted by Crippen LogP contribution is -2.19. The van der Waals surface area contributed by atoms with Crippen molar-refractivity contribution in [1.29, 1.82) is 0 Å². The first kappa shape index (κ1) is 13.4. The number of H-pyrrole nitrogens is 1. The van der Waals surface area contributed by atoms with Crippen molar-refractivity contribution in [3.05, 3.63) is 41.7 Å². The smallest absolute Gasteiger partial charge is 0.123 e. The van der Waals surface area contributed by atoms with Crippen LogP contribution in [0.3, 0.4) is 0 Å². The highest BCUT2D eigenvalue weighted by Crippen LogP contribution is 2.29. The van der Waals surface area contributed by atoms with Gasteiger partial charge in [0.15, 0.2) is 0 Å². The van der Waals surface area contributed by atoms with Gasteiger partial charge in [0.1, 0.15) is 11.5 Å². The van der Waals surface area contributed by atoms with Crippen molar-refractivity contribution in [3.8, 4) is 11.5 Å². The Balaban J connectivity index is 2.10. The van der Waals surface area contributed by atoms with E-state index in [0.717, 1.165) is 29.3 Å². The van der Waals surface area contributed by atoms with E-state index in [1.54, 1.807) is 20.4 Å². The average Bonchev–Trinajstić information content (AvgIpc) is 2.97. The maximum Gasteiger partial charge on any atom is 0.123 e. The van der Waals surface area contributed by atoms with Gasteiger partial charge in [-0.1, -0.05) is 0 Å². The molecule has 0 saturated carbocycles. The summed E-state index contributed by atoms with van der Waals surface area (Å²) in [5.74, 6) is 1.68. The van der Waals surface area contributed by atoms with Crippen molar-refractivity contribution >= 4 is 0 Å². The van der Waals surface area contributed by atoms with Gasteiger partial charge in [0, 0.05) is 30.0 Å². The average molecular weight is 261 g/mol. The fourth-order valence-electron chi connectivity index (χ4n) is 1.93. The predicted molar refractivity (Wildman–Crippen MR) is 73.4 cm³/mol. The van der Waals surface area contributed by atoms with Gasteiger partial charge >= 0.3 is 0 Å². The van der Waals surface area contributed by atoms with Crippen molar-refractivity contribution in [3.63, 3.8) is 0 Å². The van der Waals surface area contributed by atoms with Crippen molar-refractivity contribution in [2.45, 2.75) is 19.5 Å². The van der Waals surface area contributed by atoms with Crippen LogP contribution in [0.15, 0.2) is 30.5 Å². The minimum atomic E-state index is 0.147. The summed E-state index contributed by atoms with van der Waals surface area (Å²) in [4.78, 5) is 0. The first-order chi connectivity index (χ1) is 9.24. The van der Waals surface area contributed by atoms with E-state index in [0.29, 0.717) is 0 Å². The standard InChI is InChI=1S/C14H19N3O2/c1-10(15-9-11-6-7-16-17-11)13-8-12(18-2)4-5-14(13)19-3/h4-8,10,15H,9H2,1-3H3,(H,16,17). The molecule has 0 bridgehead atoms. The third-order valence-electron chi connectivity index (χ3n) is 3.06. The number of rotatable bonds is 6. The van der Waals surface area contributed by atoms with Crippen LogP contribution in [0.4, 0.5) is 0 Å². The molecule has 2 rings (SSSR count). The Hall–Kier alpha value is -2.01. The lowest BCUT2D eigenvalue weighted by atomic mass is 10.1. The summed E-state index contributed by atoms with van der Waals surface area (Å²) < 4.78 is 10.6. The van der Waals surface area contributed by atoms with Crippen LogP contribution in [0.5, 0.6) is 11.5 Å². The molecule has 0 spiro atoms. The molecule has 1 aromatic heterocycles. The first-order valence-electron chi connectivity index (χ1n) is 6.18. The molecule has 1 aromatic carbocycles. The van der Waals surface area contributed by atoms with Gasteiger partial charge in [-0.25, -0.2) is 0 Å². The Morgan fingerprint density at radius 3 is 2.74 bits per heavy atom. The van der Waals surface area contributed by atoms with Gasteiger partial charge in [0.2, 0.25) is 0 Å². The number of hydrogen-bond acceptors (Lipinski definition) is 4. The molecule has 1 atom stereocenters. The van der Waals surface area contributed by atoms with Crippen LogP contribution in [0.2, 0.25) is 0 Å². The Bertz CT molecular complexity index is 511. The molecule has 0 fully saturated rings. The minimum Gasteiger partial charge on any atom is -0.497 e. The molecule has 0 aliphatic heterocycles. The van der Waals surface area contributed by atoms with Gasteiger partial charge in [-0.3, -0.25) is 5.10 Å². The van der Waals surface area contributed by atoms with E-state index < -0.39 is 0 Å². The van der Waals surface area contributed by atoms with Gasteiger partial charge in [-0.2, -0.15) is 5.10 Å². The number of aromatic nitrogens is 2. The maximum absolute atomic E-state index is 5.39. The number of nitrogens with one attached hydrogen (secondary N) is 2. The molecule has 0 radical (unpaired) electrons. The number of methoxy groups -OCH3 is 2. The highest BCUT2D eigenvalue weighted by Gasteiger charge is 2.12. The fraction of sp³-hybridized carbons (Fsp3) is 0.357. The Labute approximate surface area is 112 Å². The van der Waals surface area contributed by atoms with Gasteiger partial charge in [0.25, 0.3) is 0 Å². The molecule has 2 aromatic rings. The van der Waals surface area contributed by atoms with E-state index in [1.165, 1.54) is 0 Å². The molecule has 102 valence electrons. The van der Waals surface area contributed by atoms with Gasteiger partial charge in [0.05, 0.1) is 14.2 Å². The summed E-state index contributed by atoms with van der Waals surface area (Å²) in [7, 11) is 3.33. The molecular formula is C14H19N3O2. The molecule has 1 unspecified atom stereocenters. The van der Waals surface area contributed by atoms with Crippen LogP contribution in [0.25, 0.3) is 0 Å². The molecular weight excluding hydrogens is 242 g/mol. The quantitative estimate of drug-likeness (QED) is 0.837. The number of ether oxygens (including phenoxy) is 2. The molecule has 5 nitrogen and oxygen atoms in total. The third-order valence-corrected chi connectivity index (χ3v) is 3.06. The van der Waals surface area contributed by atoms with E-state index in [9.17, 15) is 0 Å². The van der Waals surface area contributed by atoms with E-state index in [4.69, 9.17) is 9.47 Å². The summed E-state index contributed by atoms with van der Waals surface area (Å²) in [5, 5.41) is 10.3. The van der Waals surface area contributed by atoms with Crippen LogP contribution >= 0.6 is 0 Å². The summed E-state index contributed by atoms with van der Waals surface area (Å²) >= 11 is 0. The number of benzene rings is 1. The normalized spacial score (nSPS) is 12.2. The highest BCUT2D eigenvalue weighted by atomic mass is 16.5. The first-order valence-corrected chi connectivity index (χ1v) is 6.18. The number of hydrogen-bond donors (Lipinski definition) is 2. The molecule has 0 aliphatic carbocycles. The predicted octanol–water partition coefficient (Wildman–Crippen LogP) is 2.28. The van der Waals surface area contributed by atoms with Crippen molar-refractivity contribution in [2.24, 2.45) is 0 Å². The topological polar surface area (TPSA) is 59.2 Å². The molecule has 5 heteroatoms. The third kappa shape index (κ3) is 3.26.